The second-order valence-corrected chi connectivity index (χ2v) is 11.5. The van der Waals surface area contributed by atoms with E-state index in [4.69, 9.17) is 0 Å². The molecule has 3 fully saturated rings. The molecule has 3 aliphatic rings. The van der Waals surface area contributed by atoms with Crippen molar-refractivity contribution in [2.75, 3.05) is 37.8 Å². The average Bonchev–Trinajstić information content (AvgIpc) is 3.80. The maximum Gasteiger partial charge on any atom is 0.421 e. The van der Waals surface area contributed by atoms with Crippen LogP contribution in [0.3, 0.4) is 0 Å². The maximum atomic E-state index is 13.9. The molecule has 2 aromatic rings. The molecule has 12 heteroatoms. The molecule has 1 aromatic carbocycles. The molecule has 0 radical (unpaired) electrons. The Morgan fingerprint density at radius 2 is 1.63 bits per heavy atom. The fourth-order valence-electron chi connectivity index (χ4n) is 5.63. The van der Waals surface area contributed by atoms with Crippen LogP contribution in [-0.4, -0.2) is 76.9 Å². The van der Waals surface area contributed by atoms with Crippen LogP contribution in [0.5, 0.6) is 0 Å². The van der Waals surface area contributed by atoms with Gasteiger partial charge in [0.1, 0.15) is 11.4 Å². The van der Waals surface area contributed by atoms with Gasteiger partial charge in [-0.15, -0.1) is 0 Å². The van der Waals surface area contributed by atoms with Crippen molar-refractivity contribution in [1.82, 2.24) is 25.1 Å². The molecule has 2 aliphatic carbocycles. The van der Waals surface area contributed by atoms with E-state index in [1.54, 1.807) is 29.2 Å². The second-order valence-electron chi connectivity index (χ2n) is 11.5. The fraction of sp³-hybridized carbons (Fsp3) is 0.586. The minimum Gasteiger partial charge on any atom is -0.365 e. The van der Waals surface area contributed by atoms with E-state index in [1.165, 1.54) is 0 Å². The van der Waals surface area contributed by atoms with Gasteiger partial charge in [0.05, 0.1) is 0 Å². The molecule has 1 aromatic heterocycles. The number of nitrogens with one attached hydrogen (secondary N) is 3. The summed E-state index contributed by atoms with van der Waals surface area (Å²) >= 11 is 0. The predicted octanol–water partition coefficient (Wildman–Crippen LogP) is 4.65. The van der Waals surface area contributed by atoms with Gasteiger partial charge in [0.25, 0.3) is 5.91 Å². The number of amides is 2. The van der Waals surface area contributed by atoms with Gasteiger partial charge in [-0.05, 0) is 82.9 Å². The molecule has 2 saturated carbocycles. The summed E-state index contributed by atoms with van der Waals surface area (Å²) in [6, 6.07) is 6.31. The Morgan fingerprint density at radius 1 is 0.976 bits per heavy atom. The van der Waals surface area contributed by atoms with Crippen molar-refractivity contribution < 1.29 is 22.8 Å². The summed E-state index contributed by atoms with van der Waals surface area (Å²) in [5, 5.41) is 8.98. The van der Waals surface area contributed by atoms with Gasteiger partial charge in [-0.1, -0.05) is 12.8 Å². The highest BCUT2D eigenvalue weighted by Gasteiger charge is 2.38. The lowest BCUT2D eigenvalue weighted by molar-refractivity contribution is -0.137. The van der Waals surface area contributed by atoms with Crippen LogP contribution < -0.4 is 16.0 Å². The number of nitrogens with zero attached hydrogens (tertiary/aromatic N) is 4. The lowest BCUT2D eigenvalue weighted by atomic mass is 9.90. The normalized spacial score (nSPS) is 22.2. The van der Waals surface area contributed by atoms with Gasteiger partial charge in [-0.3, -0.25) is 9.59 Å². The van der Waals surface area contributed by atoms with E-state index < -0.39 is 11.7 Å². The van der Waals surface area contributed by atoms with Crippen LogP contribution in [0, 0.1) is 5.92 Å². The Balaban J connectivity index is 1.28. The summed E-state index contributed by atoms with van der Waals surface area (Å²) in [5.41, 5.74) is 0.115. The predicted molar refractivity (Wildman–Crippen MR) is 150 cm³/mol. The molecule has 2 atom stereocenters. The molecule has 1 aliphatic heterocycles. The molecule has 0 unspecified atom stereocenters. The molecule has 2 heterocycles. The zero-order valence-electron chi connectivity index (χ0n) is 23.5. The van der Waals surface area contributed by atoms with Gasteiger partial charge >= 0.3 is 6.18 Å². The SMILES string of the molecule is CN1CCC(N(C)C(=O)c2ccc(Nc3ncc(C(F)(F)F)c(N[C@@H]4CCCC[C@@H]4NC(=O)C4CC4)n3)cc2)CC1. The van der Waals surface area contributed by atoms with Crippen molar-refractivity contribution in [3.63, 3.8) is 0 Å². The number of hydrogen-bond acceptors (Lipinski definition) is 7. The molecule has 3 N–H and O–H groups in total. The van der Waals surface area contributed by atoms with Crippen LogP contribution in [0.25, 0.3) is 0 Å². The van der Waals surface area contributed by atoms with Crippen LogP contribution in [0.2, 0.25) is 0 Å². The Kier molecular flexibility index (Phi) is 8.67. The first-order chi connectivity index (χ1) is 19.6. The van der Waals surface area contributed by atoms with Crippen LogP contribution in [0.4, 0.5) is 30.6 Å². The lowest BCUT2D eigenvalue weighted by Gasteiger charge is -2.35. The molecule has 5 rings (SSSR count). The summed E-state index contributed by atoms with van der Waals surface area (Å²) in [6.45, 7) is 1.90. The van der Waals surface area contributed by atoms with E-state index in [2.05, 4.69) is 37.9 Å². The number of piperidine rings is 1. The molecule has 2 amide bonds. The van der Waals surface area contributed by atoms with E-state index in [0.29, 0.717) is 24.1 Å². The quantitative estimate of drug-likeness (QED) is 0.422. The van der Waals surface area contributed by atoms with Crippen molar-refractivity contribution in [2.24, 2.45) is 5.92 Å². The minimum atomic E-state index is -4.65. The van der Waals surface area contributed by atoms with Gasteiger partial charge in [0.2, 0.25) is 11.9 Å². The minimum absolute atomic E-state index is 0.00241. The van der Waals surface area contributed by atoms with Crippen molar-refractivity contribution >= 4 is 29.3 Å². The summed E-state index contributed by atoms with van der Waals surface area (Å²) in [5.74, 6) is -0.394. The third-order valence-corrected chi connectivity index (χ3v) is 8.40. The molecule has 1 saturated heterocycles. The van der Waals surface area contributed by atoms with E-state index in [0.717, 1.165) is 57.8 Å². The Morgan fingerprint density at radius 3 is 2.27 bits per heavy atom. The summed E-state index contributed by atoms with van der Waals surface area (Å²) in [6.07, 6.45) is 2.78. The number of hydrogen-bond donors (Lipinski definition) is 3. The number of halogens is 3. The Hall–Kier alpha value is -3.41. The first-order valence-corrected chi connectivity index (χ1v) is 14.4. The van der Waals surface area contributed by atoms with E-state index in [9.17, 15) is 22.8 Å². The van der Waals surface area contributed by atoms with Gasteiger partial charge in [-0.2, -0.15) is 18.2 Å². The molecule has 41 heavy (non-hydrogen) atoms. The van der Waals surface area contributed by atoms with Gasteiger partial charge < -0.3 is 25.8 Å². The third kappa shape index (κ3) is 7.27. The topological polar surface area (TPSA) is 102 Å². The zero-order chi connectivity index (χ0) is 29.1. The highest BCUT2D eigenvalue weighted by Crippen LogP contribution is 2.36. The van der Waals surface area contributed by atoms with Crippen molar-refractivity contribution in [1.29, 1.82) is 0 Å². The number of carbonyl (C=O) groups is 2. The number of alkyl halides is 3. The molecule has 222 valence electrons. The lowest BCUT2D eigenvalue weighted by Crippen LogP contribution is -2.49. The molecule has 0 bridgehead atoms. The number of rotatable bonds is 8. The molecular weight excluding hydrogens is 535 g/mol. The number of anilines is 3. The van der Waals surface area contributed by atoms with Crippen LogP contribution in [0.15, 0.2) is 30.5 Å². The first kappa shape index (κ1) is 29.1. The largest absolute Gasteiger partial charge is 0.421 e. The van der Waals surface area contributed by atoms with E-state index in [1.807, 2.05) is 7.05 Å². The van der Waals surface area contributed by atoms with Gasteiger partial charge in [0.15, 0.2) is 0 Å². The van der Waals surface area contributed by atoms with Crippen LogP contribution in [0.1, 0.15) is 67.3 Å². The number of aromatic nitrogens is 2. The monoisotopic (exact) mass is 573 g/mol. The first-order valence-electron chi connectivity index (χ1n) is 14.4. The Labute approximate surface area is 238 Å². The number of likely N-dealkylation sites (tertiary alicyclic amines) is 1. The van der Waals surface area contributed by atoms with Crippen molar-refractivity contribution in [2.45, 2.75) is 75.7 Å². The standard InChI is InChI=1S/C29H38F3N7O2/c1-38-15-13-21(14-16-38)39(2)27(41)19-9-11-20(12-10-19)34-28-33-17-22(29(30,31)32)25(37-28)35-23-5-3-4-6-24(23)36-26(40)18-7-8-18/h9-12,17-18,21,23-24H,3-8,13-16H2,1-2H3,(H,36,40)(H2,33,34,35,37)/t23-,24+/m1/s1. The molecular formula is C29H38F3N7O2. The van der Waals surface area contributed by atoms with E-state index >= 15 is 0 Å². The van der Waals surface area contributed by atoms with Gasteiger partial charge in [0, 0.05) is 48.5 Å². The molecule has 0 spiro atoms. The fourth-order valence-corrected chi connectivity index (χ4v) is 5.63. The summed E-state index contributed by atoms with van der Waals surface area (Å²) in [7, 11) is 3.90. The number of carbonyl (C=O) groups excluding carboxylic acids is 2. The second kappa shape index (κ2) is 12.2. The van der Waals surface area contributed by atoms with Crippen LogP contribution >= 0.6 is 0 Å². The number of benzene rings is 1. The van der Waals surface area contributed by atoms with Crippen LogP contribution in [-0.2, 0) is 11.0 Å². The Bertz CT molecular complexity index is 1230. The zero-order valence-corrected chi connectivity index (χ0v) is 23.5. The maximum absolute atomic E-state index is 13.9. The summed E-state index contributed by atoms with van der Waals surface area (Å²) in [4.78, 5) is 37.5. The smallest absolute Gasteiger partial charge is 0.365 e. The summed E-state index contributed by atoms with van der Waals surface area (Å²) < 4.78 is 41.6. The van der Waals surface area contributed by atoms with Gasteiger partial charge in [-0.25, -0.2) is 4.98 Å². The highest BCUT2D eigenvalue weighted by atomic mass is 19.4. The van der Waals surface area contributed by atoms with Crippen molar-refractivity contribution in [3.8, 4) is 0 Å². The third-order valence-electron chi connectivity index (χ3n) is 8.40. The molecule has 9 nitrogen and oxygen atoms in total. The van der Waals surface area contributed by atoms with E-state index in [-0.39, 0.29) is 47.6 Å². The van der Waals surface area contributed by atoms with Crippen molar-refractivity contribution in [3.05, 3.63) is 41.6 Å². The highest BCUT2D eigenvalue weighted by molar-refractivity contribution is 5.94. The average molecular weight is 574 g/mol.